The molecule has 7 heteroatoms. The average molecular weight is 237 g/mol. The topological polar surface area (TPSA) is 90.2 Å². The molecule has 0 N–H and O–H groups in total. The van der Waals surface area contributed by atoms with Gasteiger partial charge in [0, 0.05) is 18.6 Å². The van der Waals surface area contributed by atoms with Gasteiger partial charge in [0.15, 0.2) is 0 Å². The molecule has 0 aromatic carbocycles. The molecule has 0 unspecified atom stereocenters. The summed E-state index contributed by atoms with van der Waals surface area (Å²) >= 11 is 0. The summed E-state index contributed by atoms with van der Waals surface area (Å²) in [6, 6.07) is 3.62. The lowest BCUT2D eigenvalue weighted by molar-refractivity contribution is 0.866. The zero-order chi connectivity index (χ0) is 12.2. The second-order valence-electron chi connectivity index (χ2n) is 3.40. The molecule has 3 aromatic rings. The normalized spacial score (nSPS) is 10.2. The average Bonchev–Trinajstić information content (AvgIpc) is 2.49. The third-order valence-electron chi connectivity index (χ3n) is 2.29. The van der Waals surface area contributed by atoms with E-state index in [9.17, 15) is 0 Å². The van der Waals surface area contributed by atoms with Crippen LogP contribution in [0.2, 0.25) is 0 Å². The van der Waals surface area contributed by atoms with Gasteiger partial charge in [0.2, 0.25) is 0 Å². The van der Waals surface area contributed by atoms with E-state index in [2.05, 4.69) is 35.6 Å². The molecule has 0 saturated heterocycles. The molecule has 18 heavy (non-hydrogen) atoms. The van der Waals surface area contributed by atoms with Crippen molar-refractivity contribution in [1.82, 2.24) is 35.6 Å². The Labute approximate surface area is 102 Å². The molecular weight excluding hydrogens is 230 g/mol. The van der Waals surface area contributed by atoms with E-state index in [1.54, 1.807) is 37.1 Å². The number of nitrogens with zero attached hydrogens (tertiary/aromatic N) is 7. The Morgan fingerprint density at radius 1 is 0.833 bits per heavy atom. The molecule has 0 amide bonds. The molecule has 3 rings (SSSR count). The maximum atomic E-state index is 4.19. The van der Waals surface area contributed by atoms with E-state index in [1.807, 2.05) is 6.07 Å². The van der Waals surface area contributed by atoms with E-state index in [4.69, 9.17) is 0 Å². The molecule has 0 radical (unpaired) electrons. The minimum absolute atomic E-state index is 0.582. The molecule has 0 atom stereocenters. The lowest BCUT2D eigenvalue weighted by Crippen LogP contribution is -1.98. The minimum Gasteiger partial charge on any atom is -0.261 e. The molecule has 0 spiro atoms. The molecule has 0 aliphatic carbocycles. The van der Waals surface area contributed by atoms with Crippen LogP contribution in [0.1, 0.15) is 0 Å². The maximum absolute atomic E-state index is 4.19. The Kier molecular flexibility index (Phi) is 2.63. The Bertz CT molecular complexity index is 583. The van der Waals surface area contributed by atoms with Gasteiger partial charge in [-0.15, -0.1) is 10.2 Å². The first-order valence-corrected chi connectivity index (χ1v) is 5.18. The van der Waals surface area contributed by atoms with Crippen LogP contribution >= 0.6 is 0 Å². The van der Waals surface area contributed by atoms with E-state index in [0.29, 0.717) is 17.1 Å². The highest BCUT2D eigenvalue weighted by Crippen LogP contribution is 2.24. The van der Waals surface area contributed by atoms with Gasteiger partial charge in [0.05, 0.1) is 23.7 Å². The smallest absolute Gasteiger partial charge is 0.126 e. The highest BCUT2D eigenvalue weighted by molar-refractivity contribution is 5.75. The minimum atomic E-state index is 0.582. The third-order valence-corrected chi connectivity index (χ3v) is 2.29. The maximum Gasteiger partial charge on any atom is 0.126 e. The highest BCUT2D eigenvalue weighted by Gasteiger charge is 2.12. The van der Waals surface area contributed by atoms with Crippen molar-refractivity contribution in [3.8, 4) is 22.6 Å². The lowest BCUT2D eigenvalue weighted by atomic mass is 10.1. The summed E-state index contributed by atoms with van der Waals surface area (Å²) in [7, 11) is 0. The van der Waals surface area contributed by atoms with Crippen LogP contribution in [0.5, 0.6) is 0 Å². The van der Waals surface area contributed by atoms with Crippen LogP contribution in [0.3, 0.4) is 0 Å². The van der Waals surface area contributed by atoms with Crippen molar-refractivity contribution in [2.24, 2.45) is 0 Å². The highest BCUT2D eigenvalue weighted by atomic mass is 15.3. The summed E-state index contributed by atoms with van der Waals surface area (Å²) in [5.74, 6) is 0. The zero-order valence-electron chi connectivity index (χ0n) is 9.17. The van der Waals surface area contributed by atoms with Crippen molar-refractivity contribution in [2.75, 3.05) is 0 Å². The van der Waals surface area contributed by atoms with Crippen LogP contribution in [-0.2, 0) is 0 Å². The summed E-state index contributed by atoms with van der Waals surface area (Å²) in [6.07, 6.45) is 8.00. The fraction of sp³-hybridized carbons (Fsp3) is 0. The summed E-state index contributed by atoms with van der Waals surface area (Å²) < 4.78 is 0. The predicted molar refractivity (Wildman–Crippen MR) is 61.9 cm³/mol. The van der Waals surface area contributed by atoms with Crippen LogP contribution < -0.4 is 0 Å². The third kappa shape index (κ3) is 1.88. The predicted octanol–water partition coefficient (Wildman–Crippen LogP) is 0.786. The standard InChI is InChI=1S/C11H7N7/c1-2-9(16-14-3-1)8-6-15-18-17-11(8)10-7-12-4-5-13-10/h1-7H. The summed E-state index contributed by atoms with van der Waals surface area (Å²) in [5, 5.41) is 19.3. The van der Waals surface area contributed by atoms with Crippen molar-refractivity contribution < 1.29 is 0 Å². The van der Waals surface area contributed by atoms with E-state index in [-0.39, 0.29) is 0 Å². The van der Waals surface area contributed by atoms with Crippen molar-refractivity contribution in [3.63, 3.8) is 0 Å². The molecule has 0 aliphatic heterocycles. The Morgan fingerprint density at radius 2 is 1.83 bits per heavy atom. The number of hydrogen-bond donors (Lipinski definition) is 0. The van der Waals surface area contributed by atoms with Gasteiger partial charge in [-0.1, -0.05) is 0 Å². The Hall–Kier alpha value is -2.83. The SMILES string of the molecule is c1cnnc(-c2cnnnc2-c2cnccn2)c1. The van der Waals surface area contributed by atoms with Gasteiger partial charge >= 0.3 is 0 Å². The quantitative estimate of drug-likeness (QED) is 0.650. The molecule has 0 fully saturated rings. The lowest BCUT2D eigenvalue weighted by Gasteiger charge is -2.03. The number of aromatic nitrogens is 7. The molecule has 0 bridgehead atoms. The Balaban J connectivity index is 2.18. The van der Waals surface area contributed by atoms with Gasteiger partial charge in [-0.2, -0.15) is 10.2 Å². The fourth-order valence-corrected chi connectivity index (χ4v) is 1.51. The molecule has 0 saturated carbocycles. The Morgan fingerprint density at radius 3 is 2.61 bits per heavy atom. The van der Waals surface area contributed by atoms with Crippen molar-refractivity contribution >= 4 is 0 Å². The van der Waals surface area contributed by atoms with Crippen LogP contribution in [-0.4, -0.2) is 35.6 Å². The van der Waals surface area contributed by atoms with Gasteiger partial charge in [0.25, 0.3) is 0 Å². The van der Waals surface area contributed by atoms with Crippen molar-refractivity contribution in [1.29, 1.82) is 0 Å². The van der Waals surface area contributed by atoms with E-state index >= 15 is 0 Å². The van der Waals surface area contributed by atoms with E-state index in [0.717, 1.165) is 5.56 Å². The first kappa shape index (κ1) is 10.3. The largest absolute Gasteiger partial charge is 0.261 e. The van der Waals surface area contributed by atoms with E-state index in [1.165, 1.54) is 0 Å². The van der Waals surface area contributed by atoms with Crippen molar-refractivity contribution in [2.45, 2.75) is 0 Å². The van der Waals surface area contributed by atoms with Crippen LogP contribution in [0.4, 0.5) is 0 Å². The van der Waals surface area contributed by atoms with Gasteiger partial charge in [-0.3, -0.25) is 9.97 Å². The summed E-state index contributed by atoms with van der Waals surface area (Å²) in [6.45, 7) is 0. The zero-order valence-corrected chi connectivity index (χ0v) is 9.17. The first-order valence-electron chi connectivity index (χ1n) is 5.18. The van der Waals surface area contributed by atoms with Crippen molar-refractivity contribution in [3.05, 3.63) is 43.1 Å². The molecule has 7 nitrogen and oxygen atoms in total. The fourth-order valence-electron chi connectivity index (χ4n) is 1.51. The molecule has 0 aliphatic rings. The molecule has 3 heterocycles. The monoisotopic (exact) mass is 237 g/mol. The number of hydrogen-bond acceptors (Lipinski definition) is 7. The van der Waals surface area contributed by atoms with Crippen LogP contribution in [0.15, 0.2) is 43.1 Å². The first-order chi connectivity index (χ1) is 8.95. The molecular formula is C11H7N7. The van der Waals surface area contributed by atoms with Gasteiger partial charge in [-0.25, -0.2) is 0 Å². The van der Waals surface area contributed by atoms with Crippen LogP contribution in [0.25, 0.3) is 22.6 Å². The van der Waals surface area contributed by atoms with Gasteiger partial charge in [0.1, 0.15) is 11.4 Å². The summed E-state index contributed by atoms with van der Waals surface area (Å²) in [4.78, 5) is 8.20. The molecule has 3 aromatic heterocycles. The van der Waals surface area contributed by atoms with Gasteiger partial charge in [-0.05, 0) is 17.3 Å². The van der Waals surface area contributed by atoms with Crippen LogP contribution in [0, 0.1) is 0 Å². The van der Waals surface area contributed by atoms with Gasteiger partial charge < -0.3 is 0 Å². The van der Waals surface area contributed by atoms with E-state index < -0.39 is 0 Å². The molecule has 86 valence electrons. The number of rotatable bonds is 2. The second-order valence-corrected chi connectivity index (χ2v) is 3.40. The summed E-state index contributed by atoms with van der Waals surface area (Å²) in [5.41, 5.74) is 2.59. The second kappa shape index (κ2) is 4.58.